The molecule has 5 saturated heterocycles. The molecule has 5 heterocycles. The molecule has 5 rings (SSSR count). The fraction of sp³-hybridized carbons (Fsp3) is 0.738. The number of thioether (sulfide) groups is 2. The van der Waals surface area contributed by atoms with Crippen LogP contribution in [-0.4, -0.2) is 291 Å². The van der Waals surface area contributed by atoms with E-state index in [1.54, 1.807) is 6.92 Å². The van der Waals surface area contributed by atoms with Crippen molar-refractivity contribution in [3.63, 3.8) is 0 Å². The maximum Gasteiger partial charge on any atom is 0.242 e. The summed E-state index contributed by atoms with van der Waals surface area (Å²) in [7, 11) is 6.98. The van der Waals surface area contributed by atoms with E-state index in [2.05, 4.69) is 86.2 Å². The maximum atomic E-state index is 13.6. The van der Waals surface area contributed by atoms with Crippen molar-refractivity contribution in [1.29, 1.82) is 0 Å². The maximum absolute atomic E-state index is 13.6. The van der Waals surface area contributed by atoms with Crippen LogP contribution in [0.5, 0.6) is 0 Å². The molecule has 5 aliphatic heterocycles. The van der Waals surface area contributed by atoms with Crippen LogP contribution >= 0.6 is 51.2 Å². The van der Waals surface area contributed by atoms with Crippen molar-refractivity contribution in [2.75, 3.05) is 103 Å². The third-order valence-electron chi connectivity index (χ3n) is 21.1. The molecule has 21 amide bonds. The van der Waals surface area contributed by atoms with Gasteiger partial charge in [0, 0.05) is 193 Å². The first-order valence-corrected chi connectivity index (χ1v) is 47.3. The second kappa shape index (κ2) is 58.9. The Morgan fingerprint density at radius 1 is 0.287 bits per heavy atom. The lowest BCUT2D eigenvalue weighted by atomic mass is 10.1. The van der Waals surface area contributed by atoms with E-state index in [1.165, 1.54) is 11.8 Å². The highest BCUT2D eigenvalue weighted by atomic mass is 32.2. The van der Waals surface area contributed by atoms with E-state index in [0.29, 0.717) is 128 Å². The summed E-state index contributed by atoms with van der Waals surface area (Å²) < 4.78 is 0. The number of hydrogen-bond donors (Lipinski definition) is 11. The van der Waals surface area contributed by atoms with Crippen molar-refractivity contribution in [3.05, 3.63) is 0 Å². The molecule has 11 N–H and O–H groups in total. The summed E-state index contributed by atoms with van der Waals surface area (Å²) in [5.74, 6) is -6.74. The molecule has 5 aliphatic rings. The minimum atomic E-state index is -0.996. The summed E-state index contributed by atoms with van der Waals surface area (Å²) in [5, 5.41) is 29.6. The average molecular weight is 1810 g/mol. The minimum Gasteiger partial charge on any atom is -0.356 e. The molecule has 37 nitrogen and oxygen atoms in total. The van der Waals surface area contributed by atoms with Crippen LogP contribution in [0.4, 0.5) is 0 Å². The lowest BCUT2D eigenvalue weighted by Gasteiger charge is -2.20. The van der Waals surface area contributed by atoms with Gasteiger partial charge in [0.25, 0.3) is 0 Å². The van der Waals surface area contributed by atoms with Crippen molar-refractivity contribution in [2.45, 2.75) is 271 Å². The first-order chi connectivity index (χ1) is 58.5. The first kappa shape index (κ1) is 104. The van der Waals surface area contributed by atoms with E-state index in [0.717, 1.165) is 87.6 Å². The molecule has 0 bridgehead atoms. The zero-order chi connectivity index (χ0) is 89.3. The smallest absolute Gasteiger partial charge is 0.242 e. The van der Waals surface area contributed by atoms with Crippen molar-refractivity contribution < 1.29 is 101 Å². The predicted molar refractivity (Wildman–Crippen MR) is 465 cm³/mol. The van der Waals surface area contributed by atoms with Crippen LogP contribution in [-0.2, 0) is 101 Å². The number of rotatable bonds is 65. The van der Waals surface area contributed by atoms with Crippen molar-refractivity contribution in [3.8, 4) is 0 Å². The molecular formula is C80H129N16O21P3S2. The summed E-state index contributed by atoms with van der Waals surface area (Å²) in [4.78, 5) is 271. The van der Waals surface area contributed by atoms with Crippen LogP contribution in [0.25, 0.3) is 0 Å². The fourth-order valence-electron chi connectivity index (χ4n) is 13.9. The zero-order valence-electron chi connectivity index (χ0n) is 70.5. The van der Waals surface area contributed by atoms with Gasteiger partial charge in [0.1, 0.15) is 12.1 Å². The van der Waals surface area contributed by atoms with Gasteiger partial charge < -0.3 is 58.5 Å². The van der Waals surface area contributed by atoms with Gasteiger partial charge in [-0.05, 0) is 89.9 Å². The fourth-order valence-corrected chi connectivity index (χ4v) is 17.2. The normalized spacial score (nSPS) is 18.2. The summed E-state index contributed by atoms with van der Waals surface area (Å²) in [6, 6.07) is -1.94. The molecule has 0 aromatic rings. The van der Waals surface area contributed by atoms with Crippen LogP contribution in [0, 0.1) is 0 Å². The van der Waals surface area contributed by atoms with E-state index in [-0.39, 0.29) is 213 Å². The predicted octanol–water partition coefficient (Wildman–Crippen LogP) is 0.454. The monoisotopic (exact) mass is 1810 g/mol. The summed E-state index contributed by atoms with van der Waals surface area (Å²) in [5.41, 5.74) is -1.48. The van der Waals surface area contributed by atoms with Crippen molar-refractivity contribution in [1.82, 2.24) is 83.0 Å². The van der Waals surface area contributed by atoms with Gasteiger partial charge in [-0.1, -0.05) is 51.9 Å². The summed E-state index contributed by atoms with van der Waals surface area (Å²) in [6.45, 7) is 4.73. The Morgan fingerprint density at radius 3 is 0.811 bits per heavy atom. The number of likely N-dealkylation sites (tertiary alicyclic amines) is 5. The number of nitrogens with one attached hydrogen (secondary N) is 11. The van der Waals surface area contributed by atoms with Gasteiger partial charge in [-0.3, -0.25) is 125 Å². The standard InChI is InChI=1S/C80H129N16O21P3S2/c1-2-60(97)81-32-13-5-7-17-39-88-75(112)54(23-12-21-38-85-64(101)27-43-95-72(109)51-58(79(95)116)121-46-30-65(102)86-34-15-4-3-14-33-82-61(98)24-10-9-19-36-83-62(99)25-41-92-69(106)48-55(118)76(92)113)91-68(105)29-45-96-73(110)52-59(80(96)117)122-47-31-66(103)87-35-16-6-8-18-40-89-74(111)53(90-67(104)28-44-94-71(108)50-57(120)78(94)115)22-11-20-37-84-63(100)26-42-93-70(107)49-56(119)77(93)114/h53-59H,2-52,118-120H2,1H3,(H,81,97)(H,82,98)(H,83,99)(H,84,100)(H,85,101)(H,86,102)(H,87,103)(H,88,112)(H,89,111)(H,90,104)(H,91,105)/t53?,54-,55?,56?,57?,58?,59?/m0/s1. The Labute approximate surface area is 729 Å². The average Bonchev–Trinajstić information content (AvgIpc) is 1.71. The lowest BCUT2D eigenvalue weighted by molar-refractivity contribution is -0.140. The molecule has 10 atom stereocenters. The number of imide groups is 5. The first-order valence-electron chi connectivity index (χ1n) is 43.2. The molecule has 122 heavy (non-hydrogen) atoms. The molecule has 0 aliphatic carbocycles. The van der Waals surface area contributed by atoms with Gasteiger partial charge in [-0.2, -0.15) is 0 Å². The molecule has 0 radical (unpaired) electrons. The molecule has 0 saturated carbocycles. The van der Waals surface area contributed by atoms with Gasteiger partial charge >= 0.3 is 0 Å². The van der Waals surface area contributed by atoms with Crippen LogP contribution in [0.2, 0.25) is 0 Å². The minimum absolute atomic E-state index is 0.0261. The number of unbranched alkanes of at least 4 members (excludes halogenated alkanes) is 13. The van der Waals surface area contributed by atoms with Crippen molar-refractivity contribution in [2.24, 2.45) is 0 Å². The largest absolute Gasteiger partial charge is 0.356 e. The topological polar surface area (TPSA) is 507 Å². The van der Waals surface area contributed by atoms with E-state index in [4.69, 9.17) is 0 Å². The van der Waals surface area contributed by atoms with Crippen LogP contribution in [0.1, 0.15) is 232 Å². The van der Waals surface area contributed by atoms with Gasteiger partial charge in [0.05, 0.1) is 27.5 Å². The second-order valence-corrected chi connectivity index (χ2v) is 35.9. The van der Waals surface area contributed by atoms with E-state index in [1.807, 2.05) is 0 Å². The van der Waals surface area contributed by atoms with E-state index < -0.39 is 98.6 Å². The molecule has 682 valence electrons. The van der Waals surface area contributed by atoms with Crippen LogP contribution < -0.4 is 58.5 Å². The Morgan fingerprint density at radius 2 is 0.525 bits per heavy atom. The van der Waals surface area contributed by atoms with Gasteiger partial charge in [0.2, 0.25) is 124 Å². The van der Waals surface area contributed by atoms with Gasteiger partial charge in [-0.15, -0.1) is 51.2 Å². The summed E-state index contributed by atoms with van der Waals surface area (Å²) >= 11 is 2.38. The quantitative estimate of drug-likeness (QED) is 0.0224. The molecular weight excluding hydrogens is 1680 g/mol. The Kier molecular flexibility index (Phi) is 50.4. The Balaban J connectivity index is 0.906. The molecule has 0 spiro atoms. The third-order valence-corrected chi connectivity index (χ3v) is 25.0. The number of nitrogens with zero attached hydrogens (tertiary/aromatic N) is 5. The molecule has 0 aromatic carbocycles. The highest BCUT2D eigenvalue weighted by Crippen LogP contribution is 2.29. The van der Waals surface area contributed by atoms with Crippen molar-refractivity contribution >= 4 is 175 Å². The van der Waals surface area contributed by atoms with Gasteiger partial charge in [-0.25, -0.2) is 0 Å². The highest BCUT2D eigenvalue weighted by Gasteiger charge is 2.42. The van der Waals surface area contributed by atoms with E-state index >= 15 is 0 Å². The molecule has 42 heteroatoms. The molecule has 9 unspecified atom stereocenters. The number of amides is 21. The zero-order valence-corrected chi connectivity index (χ0v) is 75.6. The Bertz CT molecular complexity index is 3630. The molecule has 5 fully saturated rings. The summed E-state index contributed by atoms with van der Waals surface area (Å²) in [6.07, 6.45) is 13.4. The van der Waals surface area contributed by atoms with E-state index in [9.17, 15) is 101 Å². The Hall–Kier alpha value is -8.14. The lowest BCUT2D eigenvalue weighted by Crippen LogP contribution is -2.47. The number of carbonyl (C=O) groups excluding carboxylic acids is 21. The number of hydrogen-bond acceptors (Lipinski definition) is 23. The van der Waals surface area contributed by atoms with Gasteiger partial charge in [0.15, 0.2) is 0 Å². The second-order valence-electron chi connectivity index (χ2n) is 30.9. The number of carbonyl (C=O) groups is 21. The molecule has 0 aromatic heterocycles. The SMILES string of the molecule is CCC(=O)NCCCCCCNC(=O)[C@H](CCCCNC(=O)CCN1C(=O)CC(SCCC(=O)NCCCCCCNC(=O)CCCCCNC(=O)CCN2C(=O)CC(P)C2=O)C1=O)NC(=O)CCN1C(=O)CC(SCCC(=O)NCCCCCCNC(=O)C(CCCCNC(=O)CCN2C(=O)CC(P)C2=O)NC(=O)CCN2C(=O)CC(P)C2=O)C1=O. The highest BCUT2D eigenvalue weighted by molar-refractivity contribution is 8.00. The van der Waals surface area contributed by atoms with Crippen LogP contribution in [0.15, 0.2) is 0 Å². The van der Waals surface area contributed by atoms with Crippen LogP contribution in [0.3, 0.4) is 0 Å². The third kappa shape index (κ3) is 40.2.